The molecule has 0 saturated carbocycles. The molecule has 0 unspecified atom stereocenters. The maximum absolute atomic E-state index is 13.8. The first-order valence-electron chi connectivity index (χ1n) is 5.43. The number of aromatic nitrogens is 1. The van der Waals surface area contributed by atoms with Gasteiger partial charge < -0.3 is 4.74 Å². The number of carbonyl (C=O) groups excluding carboxylic acids is 1. The van der Waals surface area contributed by atoms with Crippen molar-refractivity contribution >= 4 is 5.78 Å². The molecule has 0 N–H and O–H groups in total. The fourth-order valence-electron chi connectivity index (χ4n) is 1.73. The van der Waals surface area contributed by atoms with Gasteiger partial charge in [-0.15, -0.1) is 0 Å². The van der Waals surface area contributed by atoms with Crippen molar-refractivity contribution in [3.05, 3.63) is 59.2 Å². The lowest BCUT2D eigenvalue weighted by atomic mass is 10.00. The highest BCUT2D eigenvalue weighted by Crippen LogP contribution is 2.25. The first-order valence-corrected chi connectivity index (χ1v) is 5.43. The van der Waals surface area contributed by atoms with Gasteiger partial charge in [0.2, 0.25) is 5.78 Å². The van der Waals surface area contributed by atoms with Crippen LogP contribution >= 0.6 is 0 Å². The van der Waals surface area contributed by atoms with Crippen LogP contribution in [0.25, 0.3) is 0 Å². The van der Waals surface area contributed by atoms with Gasteiger partial charge in [-0.1, -0.05) is 6.07 Å². The van der Waals surface area contributed by atoms with E-state index < -0.39 is 11.6 Å². The minimum absolute atomic E-state index is 0.0592. The number of ether oxygens (including phenoxy) is 1. The standard InChI is InChI=1S/C14H12FNO2/c1-9-6-7-16-8-10(9)14(17)13-11(15)4-3-5-12(13)18-2/h3-8H,1-2H3. The minimum atomic E-state index is -0.595. The SMILES string of the molecule is COc1cccc(F)c1C(=O)c1cnccc1C. The highest BCUT2D eigenvalue weighted by molar-refractivity contribution is 6.11. The number of hydrogen-bond acceptors (Lipinski definition) is 3. The Hall–Kier alpha value is -2.23. The number of pyridine rings is 1. The molecule has 4 heteroatoms. The number of halogens is 1. The Bertz CT molecular complexity index is 596. The van der Waals surface area contributed by atoms with E-state index in [0.29, 0.717) is 5.56 Å². The second kappa shape index (κ2) is 4.96. The van der Waals surface area contributed by atoms with Gasteiger partial charge in [0, 0.05) is 18.0 Å². The summed E-state index contributed by atoms with van der Waals surface area (Å²) in [5.41, 5.74) is 1.07. The first kappa shape index (κ1) is 12.2. The normalized spacial score (nSPS) is 10.2. The third kappa shape index (κ3) is 2.09. The number of methoxy groups -OCH3 is 1. The third-order valence-corrected chi connectivity index (χ3v) is 2.71. The fourth-order valence-corrected chi connectivity index (χ4v) is 1.73. The lowest BCUT2D eigenvalue weighted by Crippen LogP contribution is -2.08. The topological polar surface area (TPSA) is 39.2 Å². The molecule has 0 aliphatic carbocycles. The molecule has 2 rings (SSSR count). The lowest BCUT2D eigenvalue weighted by molar-refractivity contribution is 0.103. The van der Waals surface area contributed by atoms with Gasteiger partial charge in [-0.25, -0.2) is 4.39 Å². The molecule has 0 radical (unpaired) electrons. The number of hydrogen-bond donors (Lipinski definition) is 0. The Morgan fingerprint density at radius 1 is 1.33 bits per heavy atom. The molecule has 0 atom stereocenters. The number of nitrogens with zero attached hydrogens (tertiary/aromatic N) is 1. The Kier molecular flexibility index (Phi) is 3.37. The molecule has 0 aliphatic heterocycles. The van der Waals surface area contributed by atoms with Gasteiger partial charge in [0.15, 0.2) is 0 Å². The van der Waals surface area contributed by atoms with E-state index in [9.17, 15) is 9.18 Å². The van der Waals surface area contributed by atoms with E-state index in [0.717, 1.165) is 5.56 Å². The number of benzene rings is 1. The summed E-state index contributed by atoms with van der Waals surface area (Å²) in [6, 6.07) is 6.01. The van der Waals surface area contributed by atoms with Crippen molar-refractivity contribution in [1.82, 2.24) is 4.98 Å². The summed E-state index contributed by atoms with van der Waals surface area (Å²) >= 11 is 0. The zero-order chi connectivity index (χ0) is 13.1. The monoisotopic (exact) mass is 245 g/mol. The zero-order valence-electron chi connectivity index (χ0n) is 10.1. The van der Waals surface area contributed by atoms with E-state index in [1.807, 2.05) is 0 Å². The summed E-state index contributed by atoms with van der Waals surface area (Å²) in [4.78, 5) is 16.2. The predicted octanol–water partition coefficient (Wildman–Crippen LogP) is 2.77. The van der Waals surface area contributed by atoms with Gasteiger partial charge in [0.25, 0.3) is 0 Å². The summed E-state index contributed by atoms with van der Waals surface area (Å²) in [6.07, 6.45) is 3.02. The summed E-state index contributed by atoms with van der Waals surface area (Å²) in [5.74, 6) is -0.790. The molecule has 1 heterocycles. The molecule has 92 valence electrons. The van der Waals surface area contributed by atoms with Crippen molar-refractivity contribution in [2.24, 2.45) is 0 Å². The fraction of sp³-hybridized carbons (Fsp3) is 0.143. The summed E-state index contributed by atoms with van der Waals surface area (Å²) < 4.78 is 18.8. The molecular weight excluding hydrogens is 233 g/mol. The molecule has 0 bridgehead atoms. The summed E-state index contributed by atoms with van der Waals surface area (Å²) in [6.45, 7) is 1.78. The molecule has 2 aromatic rings. The van der Waals surface area contributed by atoms with E-state index in [-0.39, 0.29) is 11.3 Å². The molecular formula is C14H12FNO2. The molecule has 0 aliphatic rings. The largest absolute Gasteiger partial charge is 0.496 e. The number of aryl methyl sites for hydroxylation is 1. The maximum Gasteiger partial charge on any atom is 0.201 e. The van der Waals surface area contributed by atoms with Gasteiger partial charge in [0.05, 0.1) is 7.11 Å². The average Bonchev–Trinajstić information content (AvgIpc) is 2.38. The molecule has 1 aromatic heterocycles. The smallest absolute Gasteiger partial charge is 0.201 e. The second-order valence-corrected chi connectivity index (χ2v) is 3.84. The van der Waals surface area contributed by atoms with Crippen molar-refractivity contribution < 1.29 is 13.9 Å². The number of ketones is 1. The average molecular weight is 245 g/mol. The van der Waals surface area contributed by atoms with Crippen LogP contribution in [0.5, 0.6) is 5.75 Å². The molecule has 3 nitrogen and oxygen atoms in total. The molecule has 18 heavy (non-hydrogen) atoms. The summed E-state index contributed by atoms with van der Waals surface area (Å²) in [5, 5.41) is 0. The maximum atomic E-state index is 13.8. The van der Waals surface area contributed by atoms with E-state index in [1.165, 1.54) is 25.4 Å². The van der Waals surface area contributed by atoms with Gasteiger partial charge >= 0.3 is 0 Å². The van der Waals surface area contributed by atoms with Crippen LogP contribution in [-0.2, 0) is 0 Å². The Morgan fingerprint density at radius 3 is 2.78 bits per heavy atom. The molecule has 0 saturated heterocycles. The van der Waals surface area contributed by atoms with E-state index in [4.69, 9.17) is 4.74 Å². The molecule has 0 fully saturated rings. The van der Waals surface area contributed by atoms with Crippen LogP contribution in [0.2, 0.25) is 0 Å². The first-order chi connectivity index (χ1) is 8.65. The second-order valence-electron chi connectivity index (χ2n) is 3.84. The predicted molar refractivity (Wildman–Crippen MR) is 65.4 cm³/mol. The van der Waals surface area contributed by atoms with Gasteiger partial charge in [-0.2, -0.15) is 0 Å². The van der Waals surface area contributed by atoms with Crippen LogP contribution in [-0.4, -0.2) is 17.9 Å². The van der Waals surface area contributed by atoms with Crippen LogP contribution in [0.3, 0.4) is 0 Å². The van der Waals surface area contributed by atoms with Crippen LogP contribution < -0.4 is 4.74 Å². The van der Waals surface area contributed by atoms with Gasteiger partial charge in [0.1, 0.15) is 17.1 Å². The Morgan fingerprint density at radius 2 is 2.11 bits per heavy atom. The number of rotatable bonds is 3. The van der Waals surface area contributed by atoms with Crippen molar-refractivity contribution in [2.75, 3.05) is 7.11 Å². The van der Waals surface area contributed by atoms with Crippen LogP contribution in [0.1, 0.15) is 21.5 Å². The quantitative estimate of drug-likeness (QED) is 0.780. The van der Waals surface area contributed by atoms with E-state index in [1.54, 1.807) is 25.3 Å². The zero-order valence-corrected chi connectivity index (χ0v) is 10.1. The Balaban J connectivity index is 2.56. The lowest BCUT2D eigenvalue weighted by Gasteiger charge is -2.09. The molecule has 0 spiro atoms. The molecule has 0 amide bonds. The Labute approximate surface area is 104 Å². The third-order valence-electron chi connectivity index (χ3n) is 2.71. The highest BCUT2D eigenvalue weighted by Gasteiger charge is 2.20. The van der Waals surface area contributed by atoms with Crippen molar-refractivity contribution in [2.45, 2.75) is 6.92 Å². The van der Waals surface area contributed by atoms with Crippen LogP contribution in [0.15, 0.2) is 36.7 Å². The molecule has 1 aromatic carbocycles. The van der Waals surface area contributed by atoms with Crippen molar-refractivity contribution in [1.29, 1.82) is 0 Å². The highest BCUT2D eigenvalue weighted by atomic mass is 19.1. The van der Waals surface area contributed by atoms with Crippen molar-refractivity contribution in [3.8, 4) is 5.75 Å². The van der Waals surface area contributed by atoms with Gasteiger partial charge in [-0.3, -0.25) is 9.78 Å². The minimum Gasteiger partial charge on any atom is -0.496 e. The summed E-state index contributed by atoms with van der Waals surface area (Å²) in [7, 11) is 1.40. The number of carbonyl (C=O) groups is 1. The van der Waals surface area contributed by atoms with Crippen LogP contribution in [0, 0.1) is 12.7 Å². The van der Waals surface area contributed by atoms with E-state index in [2.05, 4.69) is 4.98 Å². The van der Waals surface area contributed by atoms with Gasteiger partial charge in [-0.05, 0) is 30.7 Å². The van der Waals surface area contributed by atoms with E-state index >= 15 is 0 Å². The van der Waals surface area contributed by atoms with Crippen LogP contribution in [0.4, 0.5) is 4.39 Å². The van der Waals surface area contributed by atoms with Crippen molar-refractivity contribution in [3.63, 3.8) is 0 Å².